The van der Waals surface area contributed by atoms with Crippen molar-refractivity contribution < 1.29 is 0 Å². The number of halogens is 1. The first-order valence-corrected chi connectivity index (χ1v) is 8.11. The standard InChI is InChI=1S/C17H22ClN3O/c1-20(11-15-4-3-7-21(15)2)10-13-8-12-5-6-14(18)9-16(12)19-17(13)22/h5-6,8-9,15H,3-4,7,10-11H2,1-2H3,(H,19,22)/t15-/m1/s1. The average Bonchev–Trinajstić information content (AvgIpc) is 2.85. The number of nitrogens with one attached hydrogen (secondary N) is 1. The lowest BCUT2D eigenvalue weighted by Gasteiger charge is -2.25. The molecule has 2 heterocycles. The van der Waals surface area contributed by atoms with Gasteiger partial charge in [-0.05, 0) is 57.1 Å². The molecule has 0 amide bonds. The van der Waals surface area contributed by atoms with Gasteiger partial charge in [0, 0.05) is 35.2 Å². The van der Waals surface area contributed by atoms with Crippen molar-refractivity contribution in [2.75, 3.05) is 27.2 Å². The number of likely N-dealkylation sites (tertiary alicyclic amines) is 1. The van der Waals surface area contributed by atoms with Crippen LogP contribution in [-0.2, 0) is 6.54 Å². The van der Waals surface area contributed by atoms with Crippen LogP contribution in [0.3, 0.4) is 0 Å². The van der Waals surface area contributed by atoms with Crippen molar-refractivity contribution in [2.45, 2.75) is 25.4 Å². The third kappa shape index (κ3) is 3.35. The zero-order chi connectivity index (χ0) is 15.7. The molecule has 1 N–H and O–H groups in total. The SMILES string of the molecule is CN(Cc1cc2ccc(Cl)cc2[nH]c1=O)C[C@H]1CCCN1C. The fraction of sp³-hybridized carbons (Fsp3) is 0.471. The van der Waals surface area contributed by atoms with Crippen molar-refractivity contribution in [1.29, 1.82) is 0 Å². The number of likely N-dealkylation sites (N-methyl/N-ethyl adjacent to an activating group) is 2. The van der Waals surface area contributed by atoms with Crippen LogP contribution < -0.4 is 5.56 Å². The summed E-state index contributed by atoms with van der Waals surface area (Å²) >= 11 is 5.97. The van der Waals surface area contributed by atoms with Crippen LogP contribution in [-0.4, -0.2) is 48.0 Å². The smallest absolute Gasteiger partial charge is 0.252 e. The lowest BCUT2D eigenvalue weighted by atomic mass is 10.1. The minimum atomic E-state index is -0.0265. The van der Waals surface area contributed by atoms with E-state index in [4.69, 9.17) is 11.6 Å². The second-order valence-electron chi connectivity index (χ2n) is 6.33. The van der Waals surface area contributed by atoms with Gasteiger partial charge in [0.2, 0.25) is 0 Å². The van der Waals surface area contributed by atoms with Gasteiger partial charge in [-0.15, -0.1) is 0 Å². The molecule has 1 aliphatic heterocycles. The molecule has 2 aromatic rings. The molecule has 1 atom stereocenters. The quantitative estimate of drug-likeness (QED) is 0.942. The Kier molecular flexibility index (Phi) is 4.52. The van der Waals surface area contributed by atoms with Crippen molar-refractivity contribution in [1.82, 2.24) is 14.8 Å². The lowest BCUT2D eigenvalue weighted by molar-refractivity contribution is 0.215. The molecular weight excluding hydrogens is 298 g/mol. The molecule has 4 nitrogen and oxygen atoms in total. The third-order valence-electron chi connectivity index (χ3n) is 4.52. The van der Waals surface area contributed by atoms with Crippen LogP contribution >= 0.6 is 11.6 Å². The minimum absolute atomic E-state index is 0.0265. The van der Waals surface area contributed by atoms with E-state index in [9.17, 15) is 4.79 Å². The highest BCUT2D eigenvalue weighted by molar-refractivity contribution is 6.31. The molecule has 0 unspecified atom stereocenters. The predicted molar refractivity (Wildman–Crippen MR) is 91.6 cm³/mol. The van der Waals surface area contributed by atoms with Gasteiger partial charge in [0.15, 0.2) is 0 Å². The number of pyridine rings is 1. The Balaban J connectivity index is 1.76. The van der Waals surface area contributed by atoms with Crippen LogP contribution in [0.15, 0.2) is 29.1 Å². The van der Waals surface area contributed by atoms with E-state index in [0.29, 0.717) is 17.6 Å². The fourth-order valence-corrected chi connectivity index (χ4v) is 3.43. The summed E-state index contributed by atoms with van der Waals surface area (Å²) in [6.45, 7) is 2.84. The molecule has 5 heteroatoms. The molecule has 1 aromatic carbocycles. The molecule has 1 fully saturated rings. The summed E-state index contributed by atoms with van der Waals surface area (Å²) in [5.74, 6) is 0. The first kappa shape index (κ1) is 15.5. The summed E-state index contributed by atoms with van der Waals surface area (Å²) in [6.07, 6.45) is 2.51. The molecule has 0 spiro atoms. The van der Waals surface area contributed by atoms with Crippen LogP contribution in [0, 0.1) is 0 Å². The van der Waals surface area contributed by atoms with E-state index in [1.165, 1.54) is 19.4 Å². The number of rotatable bonds is 4. The van der Waals surface area contributed by atoms with Crippen LogP contribution in [0.5, 0.6) is 0 Å². The second kappa shape index (κ2) is 6.41. The van der Waals surface area contributed by atoms with Gasteiger partial charge < -0.3 is 14.8 Å². The number of nitrogens with zero attached hydrogens (tertiary/aromatic N) is 2. The molecule has 1 aliphatic rings. The predicted octanol–water partition coefficient (Wildman–Crippen LogP) is 2.71. The lowest BCUT2D eigenvalue weighted by Crippen LogP contribution is -2.37. The highest BCUT2D eigenvalue weighted by Crippen LogP contribution is 2.18. The van der Waals surface area contributed by atoms with Crippen LogP contribution in [0.2, 0.25) is 5.02 Å². The van der Waals surface area contributed by atoms with Gasteiger partial charge in [-0.2, -0.15) is 0 Å². The summed E-state index contributed by atoms with van der Waals surface area (Å²) in [5, 5.41) is 1.66. The molecule has 1 saturated heterocycles. The van der Waals surface area contributed by atoms with Gasteiger partial charge >= 0.3 is 0 Å². The highest BCUT2D eigenvalue weighted by atomic mass is 35.5. The Hall–Kier alpha value is -1.36. The zero-order valence-electron chi connectivity index (χ0n) is 13.1. The Labute approximate surface area is 135 Å². The minimum Gasteiger partial charge on any atom is -0.322 e. The van der Waals surface area contributed by atoms with Crippen molar-refractivity contribution in [3.63, 3.8) is 0 Å². The topological polar surface area (TPSA) is 39.3 Å². The molecule has 1 aromatic heterocycles. The van der Waals surface area contributed by atoms with Gasteiger partial charge in [-0.25, -0.2) is 0 Å². The number of H-pyrrole nitrogens is 1. The molecule has 3 rings (SSSR count). The molecular formula is C17H22ClN3O. The maximum atomic E-state index is 12.2. The zero-order valence-corrected chi connectivity index (χ0v) is 13.9. The number of hydrogen-bond acceptors (Lipinski definition) is 3. The molecule has 118 valence electrons. The van der Waals surface area contributed by atoms with Crippen molar-refractivity contribution in [3.05, 3.63) is 45.2 Å². The largest absolute Gasteiger partial charge is 0.322 e. The number of hydrogen-bond donors (Lipinski definition) is 1. The monoisotopic (exact) mass is 319 g/mol. The summed E-state index contributed by atoms with van der Waals surface area (Å²) in [4.78, 5) is 19.8. The Morgan fingerprint density at radius 3 is 2.95 bits per heavy atom. The van der Waals surface area contributed by atoms with Crippen molar-refractivity contribution in [2.24, 2.45) is 0 Å². The summed E-state index contributed by atoms with van der Waals surface area (Å²) in [7, 11) is 4.26. The summed E-state index contributed by atoms with van der Waals surface area (Å²) in [6, 6.07) is 8.16. The Bertz CT molecular complexity index is 727. The average molecular weight is 320 g/mol. The molecule has 0 bridgehead atoms. The summed E-state index contributed by atoms with van der Waals surface area (Å²) < 4.78 is 0. The van der Waals surface area contributed by atoms with E-state index >= 15 is 0 Å². The van der Waals surface area contributed by atoms with Crippen LogP contribution in [0.1, 0.15) is 18.4 Å². The fourth-order valence-electron chi connectivity index (χ4n) is 3.26. The number of aromatic nitrogens is 1. The van der Waals surface area contributed by atoms with Gasteiger partial charge in [0.1, 0.15) is 0 Å². The van der Waals surface area contributed by atoms with Gasteiger partial charge in [0.05, 0.1) is 0 Å². The van der Waals surface area contributed by atoms with E-state index in [1.807, 2.05) is 18.2 Å². The molecule has 22 heavy (non-hydrogen) atoms. The second-order valence-corrected chi connectivity index (χ2v) is 6.77. The van der Waals surface area contributed by atoms with E-state index in [1.54, 1.807) is 6.07 Å². The van der Waals surface area contributed by atoms with Gasteiger partial charge in [-0.1, -0.05) is 17.7 Å². The van der Waals surface area contributed by atoms with Crippen LogP contribution in [0.25, 0.3) is 10.9 Å². The van der Waals surface area contributed by atoms with E-state index in [-0.39, 0.29) is 5.56 Å². The number of fused-ring (bicyclic) bond motifs is 1. The Morgan fingerprint density at radius 1 is 1.41 bits per heavy atom. The third-order valence-corrected chi connectivity index (χ3v) is 4.75. The van der Waals surface area contributed by atoms with Crippen molar-refractivity contribution >= 4 is 22.5 Å². The molecule has 0 saturated carbocycles. The number of aromatic amines is 1. The first-order valence-electron chi connectivity index (χ1n) is 7.73. The van der Waals surface area contributed by atoms with Crippen LogP contribution in [0.4, 0.5) is 0 Å². The van der Waals surface area contributed by atoms with Gasteiger partial charge in [-0.3, -0.25) is 4.79 Å². The highest BCUT2D eigenvalue weighted by Gasteiger charge is 2.22. The number of benzene rings is 1. The normalized spacial score (nSPS) is 19.4. The van der Waals surface area contributed by atoms with E-state index in [0.717, 1.165) is 23.0 Å². The van der Waals surface area contributed by atoms with Gasteiger partial charge in [0.25, 0.3) is 5.56 Å². The molecule has 0 radical (unpaired) electrons. The summed E-state index contributed by atoms with van der Waals surface area (Å²) in [5.41, 5.74) is 1.57. The first-order chi connectivity index (χ1) is 10.5. The Morgan fingerprint density at radius 2 is 2.23 bits per heavy atom. The van der Waals surface area contributed by atoms with E-state index < -0.39 is 0 Å². The maximum Gasteiger partial charge on any atom is 0.252 e. The molecule has 0 aliphatic carbocycles. The maximum absolute atomic E-state index is 12.2. The van der Waals surface area contributed by atoms with Crippen molar-refractivity contribution in [3.8, 4) is 0 Å². The van der Waals surface area contributed by atoms with E-state index in [2.05, 4.69) is 28.9 Å².